The molecule has 0 aliphatic carbocycles. The summed E-state index contributed by atoms with van der Waals surface area (Å²) in [6, 6.07) is 10.0. The fourth-order valence-corrected chi connectivity index (χ4v) is 3.13. The number of methoxy groups -OCH3 is 1. The van der Waals surface area contributed by atoms with Crippen molar-refractivity contribution in [2.45, 2.75) is 11.8 Å². The lowest BCUT2D eigenvalue weighted by Gasteiger charge is -2.09. The van der Waals surface area contributed by atoms with Gasteiger partial charge in [0.15, 0.2) is 9.84 Å². The van der Waals surface area contributed by atoms with Gasteiger partial charge in [-0.25, -0.2) is 13.2 Å². The number of ether oxygens (including phenoxy) is 1. The molecule has 1 amide bonds. The van der Waals surface area contributed by atoms with Gasteiger partial charge < -0.3 is 10.1 Å². The Morgan fingerprint density at radius 3 is 2.32 bits per heavy atom. The number of carbonyl (C=O) groups is 2. The number of esters is 1. The molecule has 132 valence electrons. The Bertz CT molecular complexity index is 907. The highest BCUT2D eigenvalue weighted by molar-refractivity contribution is 7.91. The third kappa shape index (κ3) is 4.37. The molecular weight excluding hydrogens is 366 g/mol. The molecule has 0 saturated carbocycles. The van der Waals surface area contributed by atoms with Crippen molar-refractivity contribution in [2.75, 3.05) is 18.2 Å². The predicted octanol–water partition coefficient (Wildman–Crippen LogP) is 3.17. The Hall–Kier alpha value is -2.38. The first-order valence-corrected chi connectivity index (χ1v) is 9.33. The van der Waals surface area contributed by atoms with Gasteiger partial charge in [0.05, 0.1) is 28.3 Å². The van der Waals surface area contributed by atoms with Crippen molar-refractivity contribution in [3.63, 3.8) is 0 Å². The number of halogens is 1. The van der Waals surface area contributed by atoms with Gasteiger partial charge in [0.25, 0.3) is 5.91 Å². The third-order valence-electron chi connectivity index (χ3n) is 3.49. The lowest BCUT2D eigenvalue weighted by atomic mass is 10.1. The molecule has 0 aromatic heterocycles. The number of nitrogens with one attached hydrogen (secondary N) is 1. The van der Waals surface area contributed by atoms with Crippen LogP contribution in [0.4, 0.5) is 5.69 Å². The monoisotopic (exact) mass is 381 g/mol. The molecule has 6 nitrogen and oxygen atoms in total. The lowest BCUT2D eigenvalue weighted by molar-refractivity contribution is 0.0600. The summed E-state index contributed by atoms with van der Waals surface area (Å²) in [6.45, 7) is 1.55. The van der Waals surface area contributed by atoms with E-state index in [0.29, 0.717) is 5.69 Å². The third-order valence-corrected chi connectivity index (χ3v) is 5.57. The molecule has 2 aromatic rings. The summed E-state index contributed by atoms with van der Waals surface area (Å²) in [5, 5.41) is 2.83. The van der Waals surface area contributed by atoms with E-state index < -0.39 is 21.7 Å². The zero-order chi connectivity index (χ0) is 18.6. The average molecular weight is 382 g/mol. The van der Waals surface area contributed by atoms with Crippen molar-refractivity contribution in [1.29, 1.82) is 0 Å². The zero-order valence-electron chi connectivity index (χ0n) is 13.6. The second kappa shape index (κ2) is 7.67. The zero-order valence-corrected chi connectivity index (χ0v) is 15.1. The van der Waals surface area contributed by atoms with E-state index in [1.165, 1.54) is 43.5 Å². The van der Waals surface area contributed by atoms with Gasteiger partial charge in [-0.05, 0) is 42.5 Å². The molecule has 1 N–H and O–H groups in total. The second-order valence-electron chi connectivity index (χ2n) is 5.07. The maximum absolute atomic E-state index is 12.3. The highest BCUT2D eigenvalue weighted by Gasteiger charge is 2.15. The number of benzene rings is 2. The van der Waals surface area contributed by atoms with Crippen LogP contribution in [-0.4, -0.2) is 33.2 Å². The van der Waals surface area contributed by atoms with Crippen molar-refractivity contribution >= 4 is 39.0 Å². The second-order valence-corrected chi connectivity index (χ2v) is 7.75. The standard InChI is InChI=1S/C17H16ClNO5S/c1-3-25(22,23)13-7-4-11(5-8-13)16(20)19-12-6-9-15(18)14(10-12)17(21)24-2/h4-10H,3H2,1-2H3,(H,19,20). The number of rotatable bonds is 5. The van der Waals surface area contributed by atoms with Crippen LogP contribution in [0.3, 0.4) is 0 Å². The lowest BCUT2D eigenvalue weighted by Crippen LogP contribution is -2.13. The molecule has 0 atom stereocenters. The summed E-state index contributed by atoms with van der Waals surface area (Å²) < 4.78 is 28.2. The minimum absolute atomic E-state index is 0.0143. The number of hydrogen-bond acceptors (Lipinski definition) is 5. The van der Waals surface area contributed by atoms with Gasteiger partial charge in [-0.2, -0.15) is 0 Å². The molecule has 0 heterocycles. The van der Waals surface area contributed by atoms with Gasteiger partial charge >= 0.3 is 5.97 Å². The molecule has 0 spiro atoms. The van der Waals surface area contributed by atoms with E-state index in [4.69, 9.17) is 11.6 Å². The number of hydrogen-bond donors (Lipinski definition) is 1. The number of anilines is 1. The average Bonchev–Trinajstić information content (AvgIpc) is 2.62. The minimum atomic E-state index is -3.32. The quantitative estimate of drug-likeness (QED) is 0.803. The largest absolute Gasteiger partial charge is 0.465 e. The van der Waals surface area contributed by atoms with Crippen LogP contribution >= 0.6 is 11.6 Å². The number of amides is 1. The summed E-state index contributed by atoms with van der Waals surface area (Å²) in [6.07, 6.45) is 0. The van der Waals surface area contributed by atoms with E-state index in [0.717, 1.165) is 0 Å². The molecule has 25 heavy (non-hydrogen) atoms. The van der Waals surface area contributed by atoms with E-state index in [1.807, 2.05) is 0 Å². The first-order valence-electron chi connectivity index (χ1n) is 7.30. The smallest absolute Gasteiger partial charge is 0.339 e. The van der Waals surface area contributed by atoms with E-state index in [9.17, 15) is 18.0 Å². The van der Waals surface area contributed by atoms with Crippen LogP contribution in [0.1, 0.15) is 27.6 Å². The Morgan fingerprint density at radius 1 is 1.12 bits per heavy atom. The fraction of sp³-hybridized carbons (Fsp3) is 0.176. The Balaban J connectivity index is 2.21. The Labute approximate surface area is 150 Å². The van der Waals surface area contributed by atoms with E-state index in [1.54, 1.807) is 13.0 Å². The van der Waals surface area contributed by atoms with Crippen LogP contribution in [0, 0.1) is 0 Å². The summed E-state index contributed by atoms with van der Waals surface area (Å²) in [4.78, 5) is 24.1. The van der Waals surface area contributed by atoms with Crippen LogP contribution in [0.5, 0.6) is 0 Å². The topological polar surface area (TPSA) is 89.5 Å². The summed E-state index contributed by atoms with van der Waals surface area (Å²) in [5.41, 5.74) is 0.774. The number of sulfone groups is 1. The molecule has 0 unspecified atom stereocenters. The normalized spacial score (nSPS) is 11.0. The molecule has 0 aliphatic heterocycles. The van der Waals surface area contributed by atoms with E-state index in [-0.39, 0.29) is 26.8 Å². The maximum atomic E-state index is 12.3. The molecular formula is C17H16ClNO5S. The van der Waals surface area contributed by atoms with Crippen molar-refractivity contribution in [2.24, 2.45) is 0 Å². The molecule has 0 saturated heterocycles. The van der Waals surface area contributed by atoms with Gasteiger partial charge in [-0.15, -0.1) is 0 Å². The van der Waals surface area contributed by atoms with Crippen molar-refractivity contribution in [1.82, 2.24) is 0 Å². The maximum Gasteiger partial charge on any atom is 0.339 e. The predicted molar refractivity (Wildman–Crippen MR) is 94.9 cm³/mol. The van der Waals surface area contributed by atoms with Crippen LogP contribution in [0.2, 0.25) is 5.02 Å². The fourth-order valence-electron chi connectivity index (χ4n) is 2.05. The molecule has 0 radical (unpaired) electrons. The van der Waals surface area contributed by atoms with Gasteiger partial charge in [-0.3, -0.25) is 4.79 Å². The molecule has 0 bridgehead atoms. The van der Waals surface area contributed by atoms with Crippen molar-refractivity contribution in [3.8, 4) is 0 Å². The van der Waals surface area contributed by atoms with Gasteiger partial charge in [0.1, 0.15) is 0 Å². The van der Waals surface area contributed by atoms with Crippen molar-refractivity contribution < 1.29 is 22.7 Å². The highest BCUT2D eigenvalue weighted by atomic mass is 35.5. The summed E-state index contributed by atoms with van der Waals surface area (Å²) >= 11 is 5.93. The highest BCUT2D eigenvalue weighted by Crippen LogP contribution is 2.22. The van der Waals surface area contributed by atoms with Gasteiger partial charge in [-0.1, -0.05) is 18.5 Å². The van der Waals surface area contributed by atoms with Crippen LogP contribution in [0.25, 0.3) is 0 Å². The molecule has 8 heteroatoms. The summed E-state index contributed by atoms with van der Waals surface area (Å²) in [5.74, 6) is -1.08. The SMILES string of the molecule is CCS(=O)(=O)c1ccc(C(=O)Nc2ccc(Cl)c(C(=O)OC)c2)cc1. The van der Waals surface area contributed by atoms with Crippen LogP contribution in [0.15, 0.2) is 47.4 Å². The molecule has 2 aromatic carbocycles. The van der Waals surface area contributed by atoms with Gasteiger partial charge in [0, 0.05) is 11.3 Å². The Kier molecular flexibility index (Phi) is 5.81. The molecule has 0 aliphatic rings. The first-order chi connectivity index (χ1) is 11.8. The van der Waals surface area contributed by atoms with E-state index >= 15 is 0 Å². The molecule has 2 rings (SSSR count). The first kappa shape index (κ1) is 19.0. The minimum Gasteiger partial charge on any atom is -0.465 e. The van der Waals surface area contributed by atoms with Crippen LogP contribution < -0.4 is 5.32 Å². The van der Waals surface area contributed by atoms with Gasteiger partial charge in [0.2, 0.25) is 0 Å². The molecule has 0 fully saturated rings. The van der Waals surface area contributed by atoms with Crippen LogP contribution in [-0.2, 0) is 14.6 Å². The number of carbonyl (C=O) groups excluding carboxylic acids is 2. The van der Waals surface area contributed by atoms with E-state index in [2.05, 4.69) is 10.1 Å². The van der Waals surface area contributed by atoms with Crippen molar-refractivity contribution in [3.05, 3.63) is 58.6 Å². The Morgan fingerprint density at radius 2 is 1.76 bits per heavy atom. The summed E-state index contributed by atoms with van der Waals surface area (Å²) in [7, 11) is -2.09.